The molecule has 0 aromatic heterocycles. The van der Waals surface area contributed by atoms with Gasteiger partial charge >= 0.3 is 0 Å². The van der Waals surface area contributed by atoms with Gasteiger partial charge in [-0.15, -0.1) is 0 Å². The van der Waals surface area contributed by atoms with E-state index in [9.17, 15) is 0 Å². The molecule has 0 heterocycles. The highest BCUT2D eigenvalue weighted by molar-refractivity contribution is 5.51. The van der Waals surface area contributed by atoms with Gasteiger partial charge in [-0.1, -0.05) is 12.1 Å². The Labute approximate surface area is 114 Å². The molecule has 1 rings (SSSR count). The third kappa shape index (κ3) is 6.02. The first-order valence-corrected chi connectivity index (χ1v) is 6.46. The van der Waals surface area contributed by atoms with E-state index >= 15 is 0 Å². The molecule has 0 aliphatic heterocycles. The van der Waals surface area contributed by atoms with E-state index in [2.05, 4.69) is 0 Å². The molecule has 19 heavy (non-hydrogen) atoms. The highest BCUT2D eigenvalue weighted by Crippen LogP contribution is 2.19. The number of hydrogen-bond acceptors (Lipinski definition) is 5. The van der Waals surface area contributed by atoms with E-state index in [-0.39, 0.29) is 0 Å². The summed E-state index contributed by atoms with van der Waals surface area (Å²) in [6, 6.07) is 5.72. The maximum Gasteiger partial charge on any atom is 0.151 e. The molecule has 5 nitrogen and oxygen atoms in total. The van der Waals surface area contributed by atoms with E-state index < -0.39 is 12.6 Å². The second-order valence-electron chi connectivity index (χ2n) is 4.43. The van der Waals surface area contributed by atoms with Crippen molar-refractivity contribution < 1.29 is 19.7 Å². The van der Waals surface area contributed by atoms with Gasteiger partial charge in [-0.25, -0.2) is 0 Å². The normalized spacial score (nSPS) is 14.3. The van der Waals surface area contributed by atoms with E-state index in [1.54, 1.807) is 13.8 Å². The maximum atomic E-state index is 9.07. The topological polar surface area (TPSA) is 84.9 Å². The molecule has 1 aromatic carbocycles. The Kier molecular flexibility index (Phi) is 6.80. The number of ether oxygens (including phenoxy) is 2. The predicted molar refractivity (Wildman–Crippen MR) is 73.5 cm³/mol. The van der Waals surface area contributed by atoms with Crippen molar-refractivity contribution >= 4 is 5.69 Å². The van der Waals surface area contributed by atoms with Crippen molar-refractivity contribution in [1.29, 1.82) is 0 Å². The number of aliphatic hydroxyl groups is 2. The van der Waals surface area contributed by atoms with Crippen LogP contribution in [0.3, 0.4) is 0 Å². The summed E-state index contributed by atoms with van der Waals surface area (Å²) in [4.78, 5) is 0. The molecule has 2 atom stereocenters. The number of nitrogens with two attached hydrogens (primary N) is 1. The molecule has 0 saturated carbocycles. The molecule has 0 radical (unpaired) electrons. The minimum absolute atomic E-state index is 0.413. The second kappa shape index (κ2) is 8.12. The van der Waals surface area contributed by atoms with Gasteiger partial charge in [0.2, 0.25) is 0 Å². The fraction of sp³-hybridized carbons (Fsp3) is 0.571. The quantitative estimate of drug-likeness (QED) is 0.485. The molecule has 0 spiro atoms. The average molecular weight is 269 g/mol. The van der Waals surface area contributed by atoms with Crippen molar-refractivity contribution in [2.24, 2.45) is 0 Å². The van der Waals surface area contributed by atoms with Gasteiger partial charge in [-0.3, -0.25) is 0 Å². The van der Waals surface area contributed by atoms with E-state index in [1.807, 2.05) is 18.2 Å². The van der Waals surface area contributed by atoms with Crippen molar-refractivity contribution in [1.82, 2.24) is 0 Å². The Hall–Kier alpha value is -1.14. The zero-order valence-electron chi connectivity index (χ0n) is 11.5. The summed E-state index contributed by atoms with van der Waals surface area (Å²) in [5.41, 5.74) is 8.76. The lowest BCUT2D eigenvalue weighted by Gasteiger charge is -2.14. The molecule has 5 heteroatoms. The highest BCUT2D eigenvalue weighted by atomic mass is 16.6. The molecular formula is C14H23NO4. The average Bonchev–Trinajstić information content (AvgIpc) is 2.31. The Morgan fingerprint density at radius 3 is 2.21 bits per heavy atom. The van der Waals surface area contributed by atoms with Crippen LogP contribution in [0.15, 0.2) is 18.2 Å². The summed E-state index contributed by atoms with van der Waals surface area (Å²) in [7, 11) is 0. The van der Waals surface area contributed by atoms with Crippen LogP contribution >= 0.6 is 0 Å². The van der Waals surface area contributed by atoms with Crippen molar-refractivity contribution in [2.45, 2.75) is 39.3 Å². The van der Waals surface area contributed by atoms with E-state index in [0.29, 0.717) is 31.7 Å². The van der Waals surface area contributed by atoms with Crippen LogP contribution < -0.4 is 5.73 Å². The van der Waals surface area contributed by atoms with Gasteiger partial charge in [0, 0.05) is 5.69 Å². The van der Waals surface area contributed by atoms with Crippen LogP contribution in [0.25, 0.3) is 0 Å². The maximum absolute atomic E-state index is 9.07. The summed E-state index contributed by atoms with van der Waals surface area (Å²) < 4.78 is 10.3. The van der Waals surface area contributed by atoms with Crippen LogP contribution in [0.2, 0.25) is 0 Å². The summed E-state index contributed by atoms with van der Waals surface area (Å²) in [6.07, 6.45) is -0.211. The van der Waals surface area contributed by atoms with Gasteiger partial charge in [-0.05, 0) is 43.9 Å². The first-order chi connectivity index (χ1) is 9.00. The molecule has 0 aliphatic rings. The minimum atomic E-state index is -0.771. The summed E-state index contributed by atoms with van der Waals surface area (Å²) >= 11 is 0. The fourth-order valence-corrected chi connectivity index (χ4v) is 1.86. The lowest BCUT2D eigenvalue weighted by Crippen LogP contribution is -2.13. The predicted octanol–water partition coefficient (Wildman–Crippen LogP) is 1.06. The van der Waals surface area contributed by atoms with Gasteiger partial charge in [-0.2, -0.15) is 0 Å². The monoisotopic (exact) mass is 269 g/mol. The van der Waals surface area contributed by atoms with E-state index in [4.69, 9.17) is 25.4 Å². The summed E-state index contributed by atoms with van der Waals surface area (Å²) in [5.74, 6) is 0. The number of benzene rings is 1. The number of aliphatic hydroxyl groups excluding tert-OH is 2. The van der Waals surface area contributed by atoms with Crippen LogP contribution in [0, 0.1) is 0 Å². The molecule has 1 aromatic rings. The lowest BCUT2D eigenvalue weighted by molar-refractivity contribution is -0.0853. The van der Waals surface area contributed by atoms with Crippen LogP contribution in [0.1, 0.15) is 25.0 Å². The molecule has 0 amide bonds. The number of nitrogen functional groups attached to an aromatic ring is 1. The first kappa shape index (κ1) is 15.9. The molecule has 0 aliphatic carbocycles. The Morgan fingerprint density at radius 1 is 1.05 bits per heavy atom. The molecular weight excluding hydrogens is 246 g/mol. The van der Waals surface area contributed by atoms with Gasteiger partial charge in [0.15, 0.2) is 12.6 Å². The SMILES string of the molecule is CC(O)OCCc1cccc(N)c1CCOC(C)O. The first-order valence-electron chi connectivity index (χ1n) is 6.46. The summed E-state index contributed by atoms with van der Waals surface area (Å²) in [6.45, 7) is 4.00. The molecule has 108 valence electrons. The lowest BCUT2D eigenvalue weighted by atomic mass is 10.0. The van der Waals surface area contributed by atoms with Gasteiger partial charge < -0.3 is 25.4 Å². The highest BCUT2D eigenvalue weighted by Gasteiger charge is 2.08. The van der Waals surface area contributed by atoms with Crippen molar-refractivity contribution in [2.75, 3.05) is 18.9 Å². The smallest absolute Gasteiger partial charge is 0.151 e. The third-order valence-electron chi connectivity index (χ3n) is 2.75. The van der Waals surface area contributed by atoms with Crippen molar-refractivity contribution in [3.8, 4) is 0 Å². The number of rotatable bonds is 8. The van der Waals surface area contributed by atoms with E-state index in [1.165, 1.54) is 0 Å². The molecule has 2 unspecified atom stereocenters. The molecule has 4 N–H and O–H groups in total. The van der Waals surface area contributed by atoms with Crippen molar-refractivity contribution in [3.63, 3.8) is 0 Å². The fourth-order valence-electron chi connectivity index (χ4n) is 1.86. The van der Waals surface area contributed by atoms with Gasteiger partial charge in [0.05, 0.1) is 13.2 Å². The zero-order valence-corrected chi connectivity index (χ0v) is 11.5. The molecule has 0 saturated heterocycles. The van der Waals surface area contributed by atoms with Crippen LogP contribution in [0.5, 0.6) is 0 Å². The van der Waals surface area contributed by atoms with Gasteiger partial charge in [0.25, 0.3) is 0 Å². The van der Waals surface area contributed by atoms with Crippen LogP contribution in [-0.2, 0) is 22.3 Å². The zero-order chi connectivity index (χ0) is 14.3. The number of hydrogen-bond donors (Lipinski definition) is 3. The van der Waals surface area contributed by atoms with Crippen LogP contribution in [0.4, 0.5) is 5.69 Å². The third-order valence-corrected chi connectivity index (χ3v) is 2.75. The second-order valence-corrected chi connectivity index (χ2v) is 4.43. The Morgan fingerprint density at radius 2 is 1.63 bits per heavy atom. The summed E-state index contributed by atoms with van der Waals surface area (Å²) in [5, 5.41) is 18.1. The molecule has 0 bridgehead atoms. The standard InChI is InChI=1S/C14H23NO4/c1-10(16)18-8-6-12-4-3-5-14(15)13(12)7-9-19-11(2)17/h3-5,10-11,16-17H,6-9,15H2,1-2H3. The molecule has 0 fully saturated rings. The Balaban J connectivity index is 2.61. The largest absolute Gasteiger partial charge is 0.398 e. The van der Waals surface area contributed by atoms with Crippen molar-refractivity contribution in [3.05, 3.63) is 29.3 Å². The Bertz CT molecular complexity index is 380. The number of anilines is 1. The van der Waals surface area contributed by atoms with Crippen LogP contribution in [-0.4, -0.2) is 36.0 Å². The van der Waals surface area contributed by atoms with E-state index in [0.717, 1.165) is 11.1 Å². The van der Waals surface area contributed by atoms with Gasteiger partial charge in [0.1, 0.15) is 0 Å². The minimum Gasteiger partial charge on any atom is -0.398 e.